The first-order chi connectivity index (χ1) is 7.50. The summed E-state index contributed by atoms with van der Waals surface area (Å²) in [6, 6.07) is 0. The normalized spacial score (nSPS) is 21.2. The lowest BCUT2D eigenvalue weighted by atomic mass is 9.97. The van der Waals surface area contributed by atoms with Crippen molar-refractivity contribution in [3.8, 4) is 0 Å². The summed E-state index contributed by atoms with van der Waals surface area (Å²) in [7, 11) is 0. The Hall–Kier alpha value is -1.06. The predicted octanol–water partition coefficient (Wildman–Crippen LogP) is 1.75. The number of carbonyl (C=O) groups is 2. The number of piperidine rings is 1. The first-order valence-electron chi connectivity index (χ1n) is 6.01. The van der Waals surface area contributed by atoms with Crippen molar-refractivity contribution in [2.24, 2.45) is 11.8 Å². The van der Waals surface area contributed by atoms with Crippen molar-refractivity contribution in [3.63, 3.8) is 0 Å². The highest BCUT2D eigenvalue weighted by Crippen LogP contribution is 2.18. The van der Waals surface area contributed by atoms with Gasteiger partial charge in [0.1, 0.15) is 0 Å². The van der Waals surface area contributed by atoms with E-state index >= 15 is 0 Å². The Balaban J connectivity index is 2.41. The molecule has 0 aromatic heterocycles. The van der Waals surface area contributed by atoms with E-state index in [1.807, 2.05) is 0 Å². The smallest absolute Gasteiger partial charge is 0.308 e. The van der Waals surface area contributed by atoms with Crippen molar-refractivity contribution in [2.45, 2.75) is 39.5 Å². The van der Waals surface area contributed by atoms with Crippen LogP contribution in [0.25, 0.3) is 0 Å². The maximum absolute atomic E-state index is 11.8. The van der Waals surface area contributed by atoms with Crippen molar-refractivity contribution in [2.75, 3.05) is 13.1 Å². The van der Waals surface area contributed by atoms with E-state index < -0.39 is 5.97 Å². The van der Waals surface area contributed by atoms with Gasteiger partial charge in [0.25, 0.3) is 0 Å². The van der Waals surface area contributed by atoms with Gasteiger partial charge >= 0.3 is 5.97 Å². The zero-order valence-corrected chi connectivity index (χ0v) is 10.1. The van der Waals surface area contributed by atoms with Crippen molar-refractivity contribution < 1.29 is 14.7 Å². The molecular weight excluding hydrogens is 206 g/mol. The molecule has 0 aromatic rings. The highest BCUT2D eigenvalue weighted by atomic mass is 16.4. The molecule has 0 unspecified atom stereocenters. The molecule has 0 aromatic carbocycles. The van der Waals surface area contributed by atoms with Crippen LogP contribution in [0.15, 0.2) is 0 Å². The van der Waals surface area contributed by atoms with Crippen LogP contribution in [0.3, 0.4) is 0 Å². The lowest BCUT2D eigenvalue weighted by Gasteiger charge is -2.31. The van der Waals surface area contributed by atoms with E-state index in [0.29, 0.717) is 25.3 Å². The van der Waals surface area contributed by atoms with Gasteiger partial charge in [-0.25, -0.2) is 0 Å². The lowest BCUT2D eigenvalue weighted by Crippen LogP contribution is -2.42. The molecular formula is C12H21NO3. The van der Waals surface area contributed by atoms with Crippen LogP contribution < -0.4 is 0 Å². The number of hydrogen-bond acceptors (Lipinski definition) is 2. The Labute approximate surface area is 96.6 Å². The standard InChI is InChI=1S/C12H21NO3/c1-9(2)5-6-11(14)13-7-3-4-10(8-13)12(15)16/h9-10H,3-8H2,1-2H3,(H,15,16)/t10-/m1/s1. The minimum atomic E-state index is -0.777. The number of nitrogens with zero attached hydrogens (tertiary/aromatic N) is 1. The number of amides is 1. The topological polar surface area (TPSA) is 57.6 Å². The SMILES string of the molecule is CC(C)CCC(=O)N1CCC[C@@H](C(=O)O)C1. The first kappa shape index (κ1) is 13.0. The summed E-state index contributed by atoms with van der Waals surface area (Å²) >= 11 is 0. The van der Waals surface area contributed by atoms with Crippen LogP contribution in [-0.4, -0.2) is 35.0 Å². The molecule has 1 saturated heterocycles. The maximum atomic E-state index is 11.8. The van der Waals surface area contributed by atoms with Gasteiger partial charge in [-0.2, -0.15) is 0 Å². The van der Waals surface area contributed by atoms with E-state index in [-0.39, 0.29) is 11.8 Å². The largest absolute Gasteiger partial charge is 0.481 e. The molecule has 0 aliphatic carbocycles. The van der Waals surface area contributed by atoms with E-state index in [2.05, 4.69) is 13.8 Å². The number of carboxylic acids is 1. The molecule has 1 N–H and O–H groups in total. The lowest BCUT2D eigenvalue weighted by molar-refractivity contribution is -0.145. The Bertz CT molecular complexity index is 263. The molecule has 1 fully saturated rings. The van der Waals surface area contributed by atoms with Crippen LogP contribution in [0.5, 0.6) is 0 Å². The fraction of sp³-hybridized carbons (Fsp3) is 0.833. The maximum Gasteiger partial charge on any atom is 0.308 e. The molecule has 4 nitrogen and oxygen atoms in total. The van der Waals surface area contributed by atoms with Crippen molar-refractivity contribution in [1.82, 2.24) is 4.90 Å². The minimum Gasteiger partial charge on any atom is -0.481 e. The number of likely N-dealkylation sites (tertiary alicyclic amines) is 1. The van der Waals surface area contributed by atoms with Gasteiger partial charge in [-0.3, -0.25) is 9.59 Å². The number of aliphatic carboxylic acids is 1. The predicted molar refractivity (Wildman–Crippen MR) is 61.0 cm³/mol. The Morgan fingerprint density at radius 3 is 2.69 bits per heavy atom. The second-order valence-electron chi connectivity index (χ2n) is 4.95. The summed E-state index contributed by atoms with van der Waals surface area (Å²) in [6.07, 6.45) is 2.94. The number of rotatable bonds is 4. The van der Waals surface area contributed by atoms with Crippen LogP contribution >= 0.6 is 0 Å². The molecule has 1 heterocycles. The van der Waals surface area contributed by atoms with Crippen LogP contribution in [0.2, 0.25) is 0 Å². The average Bonchev–Trinajstić information content (AvgIpc) is 2.26. The molecule has 0 saturated carbocycles. The van der Waals surface area contributed by atoms with E-state index in [4.69, 9.17) is 5.11 Å². The second kappa shape index (κ2) is 5.87. The van der Waals surface area contributed by atoms with Crippen LogP contribution in [0, 0.1) is 11.8 Å². The summed E-state index contributed by atoms with van der Waals surface area (Å²) in [5.41, 5.74) is 0. The van der Waals surface area contributed by atoms with Crippen LogP contribution in [-0.2, 0) is 9.59 Å². The van der Waals surface area contributed by atoms with E-state index in [9.17, 15) is 9.59 Å². The fourth-order valence-electron chi connectivity index (χ4n) is 1.98. The van der Waals surface area contributed by atoms with Gasteiger partial charge in [0, 0.05) is 19.5 Å². The van der Waals surface area contributed by atoms with Gasteiger partial charge in [-0.1, -0.05) is 13.8 Å². The Kier molecular flexibility index (Phi) is 4.77. The highest BCUT2D eigenvalue weighted by Gasteiger charge is 2.27. The number of carboxylic acid groups (broad SMARTS) is 1. The third-order valence-corrected chi connectivity index (χ3v) is 3.06. The fourth-order valence-corrected chi connectivity index (χ4v) is 1.98. The third kappa shape index (κ3) is 3.83. The molecule has 1 rings (SSSR count). The monoisotopic (exact) mass is 227 g/mol. The van der Waals surface area contributed by atoms with Gasteiger partial charge in [0.05, 0.1) is 5.92 Å². The van der Waals surface area contributed by atoms with Gasteiger partial charge in [-0.15, -0.1) is 0 Å². The molecule has 0 bridgehead atoms. The van der Waals surface area contributed by atoms with Gasteiger partial charge in [-0.05, 0) is 25.2 Å². The first-order valence-corrected chi connectivity index (χ1v) is 6.01. The van der Waals surface area contributed by atoms with Gasteiger partial charge in [0.15, 0.2) is 0 Å². The Morgan fingerprint density at radius 1 is 1.44 bits per heavy atom. The van der Waals surface area contributed by atoms with E-state index in [1.165, 1.54) is 0 Å². The molecule has 4 heteroatoms. The summed E-state index contributed by atoms with van der Waals surface area (Å²) in [5.74, 6) is -0.512. The molecule has 92 valence electrons. The highest BCUT2D eigenvalue weighted by molar-refractivity contribution is 5.78. The zero-order chi connectivity index (χ0) is 12.1. The molecule has 1 atom stereocenters. The number of carbonyl (C=O) groups excluding carboxylic acids is 1. The molecule has 1 amide bonds. The molecule has 1 aliphatic rings. The Morgan fingerprint density at radius 2 is 2.12 bits per heavy atom. The van der Waals surface area contributed by atoms with Crippen molar-refractivity contribution in [3.05, 3.63) is 0 Å². The summed E-state index contributed by atoms with van der Waals surface area (Å²) < 4.78 is 0. The number of hydrogen-bond donors (Lipinski definition) is 1. The second-order valence-corrected chi connectivity index (χ2v) is 4.95. The van der Waals surface area contributed by atoms with Crippen molar-refractivity contribution >= 4 is 11.9 Å². The molecule has 16 heavy (non-hydrogen) atoms. The quantitative estimate of drug-likeness (QED) is 0.796. The summed E-state index contributed by atoms with van der Waals surface area (Å²) in [6.45, 7) is 5.29. The zero-order valence-electron chi connectivity index (χ0n) is 10.1. The van der Waals surface area contributed by atoms with Crippen molar-refractivity contribution in [1.29, 1.82) is 0 Å². The molecule has 0 spiro atoms. The van der Waals surface area contributed by atoms with Crippen LogP contribution in [0.1, 0.15) is 39.5 Å². The third-order valence-electron chi connectivity index (χ3n) is 3.06. The molecule has 1 aliphatic heterocycles. The van der Waals surface area contributed by atoms with Gasteiger partial charge < -0.3 is 10.0 Å². The van der Waals surface area contributed by atoms with Crippen LogP contribution in [0.4, 0.5) is 0 Å². The van der Waals surface area contributed by atoms with Gasteiger partial charge in [0.2, 0.25) is 5.91 Å². The summed E-state index contributed by atoms with van der Waals surface area (Å²) in [5, 5.41) is 8.92. The molecule has 0 radical (unpaired) electrons. The van der Waals surface area contributed by atoms with E-state index in [1.54, 1.807) is 4.90 Å². The van der Waals surface area contributed by atoms with E-state index in [0.717, 1.165) is 19.4 Å². The minimum absolute atomic E-state index is 0.111. The summed E-state index contributed by atoms with van der Waals surface area (Å²) in [4.78, 5) is 24.4. The average molecular weight is 227 g/mol.